The topological polar surface area (TPSA) is 14.1 Å². The van der Waals surface area contributed by atoms with Gasteiger partial charge in [-0.1, -0.05) is 13.8 Å². The number of hydrogen-bond donors (Lipinski definition) is 0. The fourth-order valence-electron chi connectivity index (χ4n) is 0.742. The van der Waals surface area contributed by atoms with Crippen LogP contribution in [0.25, 0.3) is 5.32 Å². The second-order valence-electron chi connectivity index (χ2n) is 2.47. The molecule has 1 nitrogen and oxygen atoms in total. The molecular weight excluding hydrogens is 357 g/mol. The average molecular weight is 368 g/mol. The van der Waals surface area contributed by atoms with Crippen LogP contribution in [0.5, 0.6) is 0 Å². The zero-order valence-electron chi connectivity index (χ0n) is 7.19. The molecule has 0 amide bonds. The van der Waals surface area contributed by atoms with Crippen LogP contribution >= 0.6 is 0 Å². The van der Waals surface area contributed by atoms with Gasteiger partial charge in [-0.25, -0.2) is 0 Å². The first-order valence-corrected chi connectivity index (χ1v) is 9.63. The molecule has 1 aromatic rings. The normalized spacial score (nSPS) is 8.50. The molecule has 0 aliphatic heterocycles. The van der Waals surface area contributed by atoms with Gasteiger partial charge in [-0.15, -0.1) is 6.04 Å². The van der Waals surface area contributed by atoms with Crippen molar-refractivity contribution in [2.45, 2.75) is 19.9 Å². The summed E-state index contributed by atoms with van der Waals surface area (Å²) in [5, 5.41) is 4.30. The molecule has 0 spiro atoms. The fourth-order valence-corrected chi connectivity index (χ4v) is 0.742. The Labute approximate surface area is 91.7 Å². The molecule has 0 saturated carbocycles. The summed E-state index contributed by atoms with van der Waals surface area (Å²) in [5.41, 5.74) is 0.942. The maximum absolute atomic E-state index is 4.30. The Kier molecular flexibility index (Phi) is 8.11. The van der Waals surface area contributed by atoms with E-state index in [-0.39, 0.29) is 0 Å². The van der Waals surface area contributed by atoms with E-state index < -0.39 is 0 Å². The minimum atomic E-state index is 0.360. The third-order valence-corrected chi connectivity index (χ3v) is 1.09. The van der Waals surface area contributed by atoms with Gasteiger partial charge in [0.05, 0.1) is 0 Å². The van der Waals surface area contributed by atoms with E-state index >= 15 is 0 Å². The predicted octanol–water partition coefficient (Wildman–Crippen LogP) is 2.90. The molecule has 0 radical (unpaired) electrons. The monoisotopic (exact) mass is 368 g/mol. The van der Waals surface area contributed by atoms with Crippen molar-refractivity contribution in [3.05, 3.63) is 35.6 Å². The number of rotatable bonds is 2. The van der Waals surface area contributed by atoms with Crippen molar-refractivity contribution in [2.75, 3.05) is 0 Å². The van der Waals surface area contributed by atoms with Gasteiger partial charge in [0, 0.05) is 0 Å². The molecule has 1 aromatic carbocycles. The molecule has 0 unspecified atom stereocenters. The van der Waals surface area contributed by atoms with E-state index in [1.807, 2.05) is 24.3 Å². The molecule has 3 heteroatoms. The van der Waals surface area contributed by atoms with Crippen LogP contribution in [0.4, 0.5) is 5.69 Å². The van der Waals surface area contributed by atoms with Gasteiger partial charge in [0.15, 0.2) is 0 Å². The summed E-state index contributed by atoms with van der Waals surface area (Å²) in [6.45, 7) is 4.11. The fraction of sp³-hybridized carbons (Fsp3) is 0.333. The number of nitrogens with zero attached hydrogens (tertiary/aromatic N) is 1. The molecule has 65 valence electrons. The van der Waals surface area contributed by atoms with Gasteiger partial charge >= 0.3 is 30.9 Å². The first-order chi connectivity index (χ1) is 5.79. The SMILES string of the molecule is CC(C)[N-]c1[c-]cccc1.[V]=[W]. The summed E-state index contributed by atoms with van der Waals surface area (Å²) in [4.78, 5) is 0. The molecule has 0 atom stereocenters. The van der Waals surface area contributed by atoms with E-state index in [9.17, 15) is 0 Å². The summed E-state index contributed by atoms with van der Waals surface area (Å²) in [6.07, 6.45) is 0. The maximum atomic E-state index is 4.30. The molecule has 0 bridgehead atoms. The molecule has 0 aliphatic carbocycles. The standard InChI is InChI=1S/C9H11N.V.W/c1-8(2)10-9-6-4-3-5-7-9;;/h3-6,8H,1-2H3;;/q-2;;. The van der Waals surface area contributed by atoms with Crippen LogP contribution in [0.1, 0.15) is 13.8 Å². The van der Waals surface area contributed by atoms with E-state index in [0.29, 0.717) is 6.04 Å². The van der Waals surface area contributed by atoms with Crippen LogP contribution in [0.3, 0.4) is 0 Å². The van der Waals surface area contributed by atoms with Crippen LogP contribution in [-0.2, 0) is 30.9 Å². The first kappa shape index (κ1) is 12.3. The first-order valence-electron chi connectivity index (χ1n) is 3.65. The Bertz CT molecular complexity index is 201. The summed E-state index contributed by atoms with van der Waals surface area (Å²) in [7, 11) is 0. The second kappa shape index (κ2) is 7.92. The molecule has 1 rings (SSSR count). The zero-order chi connectivity index (χ0) is 9.40. The van der Waals surface area contributed by atoms with Crippen LogP contribution < -0.4 is 0 Å². The van der Waals surface area contributed by atoms with E-state index in [0.717, 1.165) is 5.69 Å². The molecule has 0 heterocycles. The van der Waals surface area contributed by atoms with Gasteiger partial charge in [-0.2, -0.15) is 30.3 Å². The van der Waals surface area contributed by atoms with E-state index in [4.69, 9.17) is 0 Å². The Hall–Kier alpha value is 0.293. The van der Waals surface area contributed by atoms with Gasteiger partial charge in [0.2, 0.25) is 0 Å². The molecular formula is C9H11NVW-2. The summed E-state index contributed by atoms with van der Waals surface area (Å²) >= 11 is 3.92. The van der Waals surface area contributed by atoms with Gasteiger partial charge in [-0.3, -0.25) is 5.69 Å². The van der Waals surface area contributed by atoms with Crippen LogP contribution in [0.2, 0.25) is 0 Å². The van der Waals surface area contributed by atoms with Gasteiger partial charge in [0.25, 0.3) is 0 Å². The summed E-state index contributed by atoms with van der Waals surface area (Å²) in [5.74, 6) is 0. The van der Waals surface area contributed by atoms with Crippen molar-refractivity contribution >= 4 is 5.69 Å². The van der Waals surface area contributed by atoms with E-state index in [1.54, 1.807) is 0 Å². The number of benzene rings is 1. The predicted molar refractivity (Wildman–Crippen MR) is 43.4 cm³/mol. The summed E-state index contributed by atoms with van der Waals surface area (Å²) in [6, 6.07) is 11.1. The molecule has 0 aromatic heterocycles. The Morgan fingerprint density at radius 3 is 2.50 bits per heavy atom. The van der Waals surface area contributed by atoms with Crippen molar-refractivity contribution in [3.63, 3.8) is 0 Å². The molecule has 0 aliphatic rings. The zero-order valence-corrected chi connectivity index (χ0v) is 11.5. The third kappa shape index (κ3) is 5.88. The van der Waals surface area contributed by atoms with Gasteiger partial charge in [-0.05, 0) is 0 Å². The van der Waals surface area contributed by atoms with Crippen molar-refractivity contribution in [3.8, 4) is 0 Å². The number of hydrogen-bond acceptors (Lipinski definition) is 0. The van der Waals surface area contributed by atoms with Gasteiger partial charge in [0.1, 0.15) is 0 Å². The van der Waals surface area contributed by atoms with Gasteiger partial charge < -0.3 is 5.32 Å². The van der Waals surface area contributed by atoms with Crippen LogP contribution in [-0.4, -0.2) is 6.04 Å². The van der Waals surface area contributed by atoms with Crippen molar-refractivity contribution in [2.24, 2.45) is 0 Å². The van der Waals surface area contributed by atoms with Crippen LogP contribution in [0.15, 0.2) is 24.3 Å². The van der Waals surface area contributed by atoms with E-state index in [2.05, 4.69) is 39.3 Å². The van der Waals surface area contributed by atoms with Crippen molar-refractivity contribution in [1.82, 2.24) is 0 Å². The van der Waals surface area contributed by atoms with E-state index in [1.165, 1.54) is 16.8 Å². The Morgan fingerprint density at radius 1 is 1.42 bits per heavy atom. The molecule has 0 fully saturated rings. The van der Waals surface area contributed by atoms with Crippen molar-refractivity contribution < 1.29 is 30.9 Å². The quantitative estimate of drug-likeness (QED) is 0.714. The minimum absolute atomic E-state index is 0.360. The Morgan fingerprint density at radius 2 is 2.08 bits per heavy atom. The average Bonchev–Trinajstić information content (AvgIpc) is 2.08. The molecule has 12 heavy (non-hydrogen) atoms. The summed E-state index contributed by atoms with van der Waals surface area (Å²) < 4.78 is 0. The third-order valence-electron chi connectivity index (χ3n) is 1.09. The Balaban J connectivity index is 0.000000561. The molecule has 0 saturated heterocycles. The second-order valence-corrected chi connectivity index (χ2v) is 2.47. The van der Waals surface area contributed by atoms with Crippen molar-refractivity contribution in [1.29, 1.82) is 0 Å². The van der Waals surface area contributed by atoms with Crippen LogP contribution in [0, 0.1) is 6.07 Å². The number of para-hydroxylation sites is 1. The molecule has 0 N–H and O–H groups in total.